The van der Waals surface area contributed by atoms with Gasteiger partial charge in [0.05, 0.1) is 6.54 Å². The van der Waals surface area contributed by atoms with Crippen molar-refractivity contribution in [2.45, 2.75) is 51.6 Å². The van der Waals surface area contributed by atoms with E-state index in [2.05, 4.69) is 22.4 Å². The summed E-state index contributed by atoms with van der Waals surface area (Å²) < 4.78 is 4.70. The van der Waals surface area contributed by atoms with Crippen LogP contribution in [-0.2, 0) is 6.54 Å². The highest BCUT2D eigenvalue weighted by atomic mass is 16.5. The molecule has 1 heterocycles. The molecule has 0 amide bonds. The van der Waals surface area contributed by atoms with Crippen LogP contribution >= 0.6 is 0 Å². The van der Waals surface area contributed by atoms with Gasteiger partial charge in [-0.25, -0.2) is 0 Å². The molecule has 4 heteroatoms. The van der Waals surface area contributed by atoms with Crippen molar-refractivity contribution in [3.05, 3.63) is 12.2 Å². The van der Waals surface area contributed by atoms with Gasteiger partial charge < -0.3 is 9.84 Å². The van der Waals surface area contributed by atoms with Crippen LogP contribution < -0.4 is 5.32 Å². The number of rotatable bonds is 3. The molecule has 2 unspecified atom stereocenters. The minimum absolute atomic E-state index is 0.633. The topological polar surface area (TPSA) is 51.0 Å². The molecule has 0 bridgehead atoms. The Morgan fingerprint density at radius 2 is 2.33 bits per heavy atom. The average Bonchev–Trinajstić information content (AvgIpc) is 2.66. The lowest BCUT2D eigenvalue weighted by Gasteiger charge is -2.14. The molecule has 1 fully saturated rings. The van der Waals surface area contributed by atoms with E-state index in [0.717, 1.165) is 18.3 Å². The van der Waals surface area contributed by atoms with Gasteiger partial charge in [0.25, 0.3) is 0 Å². The van der Waals surface area contributed by atoms with Crippen molar-refractivity contribution >= 4 is 0 Å². The molecule has 0 saturated heterocycles. The summed E-state index contributed by atoms with van der Waals surface area (Å²) in [6.07, 6.45) is 7.99. The Morgan fingerprint density at radius 3 is 3.13 bits per heavy atom. The molecule has 1 saturated carbocycles. The van der Waals surface area contributed by atoms with Crippen LogP contribution in [0.1, 0.15) is 44.9 Å². The quantitative estimate of drug-likeness (QED) is 0.775. The van der Waals surface area contributed by atoms with Gasteiger partial charge in [-0.2, -0.15) is 4.98 Å². The molecule has 1 aromatic rings. The third kappa shape index (κ3) is 3.30. The van der Waals surface area contributed by atoms with Gasteiger partial charge in [-0.05, 0) is 25.2 Å². The van der Waals surface area contributed by atoms with Gasteiger partial charge in [-0.15, -0.1) is 0 Å². The average molecular weight is 209 g/mol. The van der Waals surface area contributed by atoms with Crippen molar-refractivity contribution in [3.8, 4) is 0 Å². The van der Waals surface area contributed by atoms with Crippen molar-refractivity contribution in [1.82, 2.24) is 15.5 Å². The first kappa shape index (κ1) is 10.6. The normalized spacial score (nSPS) is 27.5. The first-order valence-corrected chi connectivity index (χ1v) is 5.83. The summed E-state index contributed by atoms with van der Waals surface area (Å²) in [6, 6.07) is 0.633. The Kier molecular flexibility index (Phi) is 3.72. The van der Waals surface area contributed by atoms with E-state index >= 15 is 0 Å². The zero-order valence-electron chi connectivity index (χ0n) is 9.28. The fourth-order valence-corrected chi connectivity index (χ4v) is 2.20. The van der Waals surface area contributed by atoms with Crippen molar-refractivity contribution in [2.75, 3.05) is 0 Å². The predicted octanol–water partition coefficient (Wildman–Crippen LogP) is 2.13. The van der Waals surface area contributed by atoms with Gasteiger partial charge in [-0.3, -0.25) is 0 Å². The van der Waals surface area contributed by atoms with Gasteiger partial charge in [-0.1, -0.05) is 24.9 Å². The molecule has 84 valence electrons. The molecule has 1 aliphatic rings. The lowest BCUT2D eigenvalue weighted by molar-refractivity contribution is 0.397. The van der Waals surface area contributed by atoms with Gasteiger partial charge in [0, 0.05) is 6.04 Å². The summed E-state index contributed by atoms with van der Waals surface area (Å²) in [6.45, 7) is 3.08. The van der Waals surface area contributed by atoms with E-state index in [9.17, 15) is 0 Å². The Bertz CT molecular complexity index is 273. The fourth-order valence-electron chi connectivity index (χ4n) is 2.20. The fraction of sp³-hybridized carbons (Fsp3) is 0.818. The molecule has 0 spiro atoms. The largest absolute Gasteiger partial charge is 0.343 e. The van der Waals surface area contributed by atoms with Crippen LogP contribution in [0.4, 0.5) is 0 Å². The molecular weight excluding hydrogens is 190 g/mol. The molecule has 1 aromatic heterocycles. The number of hydrogen-bond acceptors (Lipinski definition) is 4. The third-order valence-electron chi connectivity index (χ3n) is 3.21. The highest BCUT2D eigenvalue weighted by molar-refractivity contribution is 4.80. The summed E-state index contributed by atoms with van der Waals surface area (Å²) in [5.41, 5.74) is 0. The first-order chi connectivity index (χ1) is 7.34. The molecule has 4 nitrogen and oxygen atoms in total. The Labute approximate surface area is 90.4 Å². The Hall–Kier alpha value is -0.900. The molecule has 2 atom stereocenters. The first-order valence-electron chi connectivity index (χ1n) is 5.83. The molecule has 0 radical (unpaired) electrons. The highest BCUT2D eigenvalue weighted by Gasteiger charge is 2.15. The van der Waals surface area contributed by atoms with Crippen LogP contribution in [0.5, 0.6) is 0 Å². The van der Waals surface area contributed by atoms with Crippen LogP contribution in [-0.4, -0.2) is 16.2 Å². The summed E-state index contributed by atoms with van der Waals surface area (Å²) >= 11 is 0. The van der Waals surface area contributed by atoms with Gasteiger partial charge in [0.2, 0.25) is 6.39 Å². The van der Waals surface area contributed by atoms with Crippen LogP contribution in [0, 0.1) is 5.92 Å². The van der Waals surface area contributed by atoms with Crippen molar-refractivity contribution in [2.24, 2.45) is 5.92 Å². The Morgan fingerprint density at radius 1 is 1.40 bits per heavy atom. The van der Waals surface area contributed by atoms with Crippen LogP contribution in [0.3, 0.4) is 0 Å². The number of aromatic nitrogens is 2. The second-order valence-electron chi connectivity index (χ2n) is 4.54. The molecule has 15 heavy (non-hydrogen) atoms. The second kappa shape index (κ2) is 5.26. The van der Waals surface area contributed by atoms with Gasteiger partial charge in [0.15, 0.2) is 5.82 Å². The molecule has 2 rings (SSSR count). The molecule has 0 aliphatic heterocycles. The minimum Gasteiger partial charge on any atom is -0.343 e. The molecule has 0 aromatic carbocycles. The lowest BCUT2D eigenvalue weighted by Crippen LogP contribution is -2.28. The maximum atomic E-state index is 4.70. The maximum Gasteiger partial charge on any atom is 0.213 e. The van der Waals surface area contributed by atoms with E-state index in [1.165, 1.54) is 38.5 Å². The smallest absolute Gasteiger partial charge is 0.213 e. The van der Waals surface area contributed by atoms with E-state index < -0.39 is 0 Å². The van der Waals surface area contributed by atoms with Crippen molar-refractivity contribution in [1.29, 1.82) is 0 Å². The van der Waals surface area contributed by atoms with Gasteiger partial charge in [0.1, 0.15) is 0 Å². The summed E-state index contributed by atoms with van der Waals surface area (Å²) in [5, 5.41) is 7.29. The number of nitrogens with one attached hydrogen (secondary N) is 1. The zero-order valence-corrected chi connectivity index (χ0v) is 9.28. The van der Waals surface area contributed by atoms with Gasteiger partial charge >= 0.3 is 0 Å². The summed E-state index contributed by atoms with van der Waals surface area (Å²) in [5.74, 6) is 1.65. The zero-order chi connectivity index (χ0) is 10.5. The highest BCUT2D eigenvalue weighted by Crippen LogP contribution is 2.22. The van der Waals surface area contributed by atoms with E-state index in [1.54, 1.807) is 0 Å². The van der Waals surface area contributed by atoms with E-state index in [1.807, 2.05) is 0 Å². The Balaban J connectivity index is 1.74. The summed E-state index contributed by atoms with van der Waals surface area (Å²) in [4.78, 5) is 4.00. The van der Waals surface area contributed by atoms with E-state index in [0.29, 0.717) is 6.04 Å². The van der Waals surface area contributed by atoms with Crippen molar-refractivity contribution in [3.63, 3.8) is 0 Å². The number of hydrogen-bond donors (Lipinski definition) is 1. The number of nitrogens with zero attached hydrogens (tertiary/aromatic N) is 2. The summed E-state index contributed by atoms with van der Waals surface area (Å²) in [7, 11) is 0. The maximum absolute atomic E-state index is 4.70. The lowest BCUT2D eigenvalue weighted by atomic mass is 10.0. The van der Waals surface area contributed by atoms with Crippen molar-refractivity contribution < 1.29 is 4.52 Å². The third-order valence-corrected chi connectivity index (χ3v) is 3.21. The van der Waals surface area contributed by atoms with Crippen LogP contribution in [0.15, 0.2) is 10.9 Å². The van der Waals surface area contributed by atoms with E-state index in [4.69, 9.17) is 4.52 Å². The minimum atomic E-state index is 0.633. The van der Waals surface area contributed by atoms with E-state index in [-0.39, 0.29) is 0 Å². The predicted molar refractivity (Wildman–Crippen MR) is 57.2 cm³/mol. The monoisotopic (exact) mass is 209 g/mol. The van der Waals surface area contributed by atoms with Crippen LogP contribution in [0.25, 0.3) is 0 Å². The molecule has 1 aliphatic carbocycles. The molecule has 1 N–H and O–H groups in total. The standard InChI is InChI=1S/C11H19N3O/c1-9-3-2-4-10(6-5-9)12-7-11-13-8-15-14-11/h8-10,12H,2-7H2,1H3. The SMILES string of the molecule is CC1CCCC(NCc2ncon2)CC1. The van der Waals surface area contributed by atoms with Crippen LogP contribution in [0.2, 0.25) is 0 Å². The molecular formula is C11H19N3O. The second-order valence-corrected chi connectivity index (χ2v) is 4.54.